The van der Waals surface area contributed by atoms with E-state index in [0.29, 0.717) is 17.0 Å². The highest BCUT2D eigenvalue weighted by molar-refractivity contribution is 6.13. The maximum absolute atomic E-state index is 13.5. The van der Waals surface area contributed by atoms with Gasteiger partial charge in [-0.15, -0.1) is 0 Å². The van der Waals surface area contributed by atoms with Crippen LogP contribution in [0.2, 0.25) is 0 Å². The van der Waals surface area contributed by atoms with Gasteiger partial charge in [-0.1, -0.05) is 30.3 Å². The van der Waals surface area contributed by atoms with Gasteiger partial charge in [0.25, 0.3) is 0 Å². The number of nitrogens with one attached hydrogen (secondary N) is 1. The van der Waals surface area contributed by atoms with E-state index in [1.165, 1.54) is 14.0 Å². The van der Waals surface area contributed by atoms with Gasteiger partial charge in [-0.3, -0.25) is 19.3 Å². The molecule has 0 bridgehead atoms. The van der Waals surface area contributed by atoms with Crippen molar-refractivity contribution < 1.29 is 23.9 Å². The lowest BCUT2D eigenvalue weighted by molar-refractivity contribution is -0.154. The van der Waals surface area contributed by atoms with Crippen molar-refractivity contribution in [1.29, 1.82) is 0 Å². The van der Waals surface area contributed by atoms with E-state index >= 15 is 0 Å². The summed E-state index contributed by atoms with van der Waals surface area (Å²) in [6, 6.07) is 12.7. The number of hydrogen-bond donors (Lipinski definition) is 1. The summed E-state index contributed by atoms with van der Waals surface area (Å²) in [5.41, 5.74) is -0.627. The first-order valence-corrected chi connectivity index (χ1v) is 9.41. The number of para-hydroxylation sites is 2. The van der Waals surface area contributed by atoms with E-state index < -0.39 is 22.8 Å². The number of ether oxygens (including phenoxy) is 2. The molecular weight excluding hydrogens is 372 g/mol. The number of Topliss-reactive ketones (excluding diaryl/α,β-unsaturated/α-hetero) is 1. The second kappa shape index (κ2) is 5.67. The van der Waals surface area contributed by atoms with Crippen LogP contribution in [0.5, 0.6) is 11.5 Å². The number of nitrogens with zero attached hydrogens (tertiary/aromatic N) is 1. The Morgan fingerprint density at radius 3 is 2.69 bits per heavy atom. The van der Waals surface area contributed by atoms with E-state index in [4.69, 9.17) is 9.47 Å². The Balaban J connectivity index is 1.89. The number of carbonyl (C=O) groups is 3. The fraction of sp³-hybridized carbons (Fsp3) is 0.318. The number of benzene rings is 2. The molecule has 3 atom stereocenters. The van der Waals surface area contributed by atoms with Gasteiger partial charge in [-0.05, 0) is 26.1 Å². The number of carbonyl (C=O) groups excluding carboxylic acids is 3. The zero-order chi connectivity index (χ0) is 20.6. The summed E-state index contributed by atoms with van der Waals surface area (Å²) in [7, 11) is 3.27. The zero-order valence-electron chi connectivity index (χ0n) is 16.3. The van der Waals surface area contributed by atoms with E-state index in [0.717, 1.165) is 5.56 Å². The molecule has 1 saturated heterocycles. The number of likely N-dealkylation sites (tertiary alicyclic amines) is 1. The molecule has 2 aromatic carbocycles. The van der Waals surface area contributed by atoms with Gasteiger partial charge in [-0.25, -0.2) is 0 Å². The third-order valence-corrected chi connectivity index (χ3v) is 6.66. The molecule has 7 heteroatoms. The Bertz CT molecular complexity index is 1100. The molecule has 1 amide bonds. The summed E-state index contributed by atoms with van der Waals surface area (Å²) in [4.78, 5) is 41.6. The first-order chi connectivity index (χ1) is 13.9. The number of hydrogen-bond acceptors (Lipinski definition) is 6. The van der Waals surface area contributed by atoms with Gasteiger partial charge in [-0.2, -0.15) is 0 Å². The zero-order valence-corrected chi connectivity index (χ0v) is 16.3. The minimum Gasteiger partial charge on any atom is -0.493 e. The molecule has 29 heavy (non-hydrogen) atoms. The fourth-order valence-electron chi connectivity index (χ4n) is 5.44. The van der Waals surface area contributed by atoms with Crippen molar-refractivity contribution in [2.75, 3.05) is 26.0 Å². The number of ketones is 1. The Hall–Kier alpha value is -3.19. The normalized spacial score (nSPS) is 29.7. The molecule has 1 N–H and O–H groups in total. The highest BCUT2D eigenvalue weighted by Crippen LogP contribution is 2.65. The number of fused-ring (bicyclic) bond motifs is 6. The van der Waals surface area contributed by atoms with E-state index in [1.807, 2.05) is 35.2 Å². The van der Waals surface area contributed by atoms with Crippen LogP contribution in [0.3, 0.4) is 0 Å². The summed E-state index contributed by atoms with van der Waals surface area (Å²) in [5, 5.41) is 2.95. The average Bonchev–Trinajstić information content (AvgIpc) is 3.16. The standard InChI is InChI=1S/C22H20N2O5/c1-12(25)21-11-24(2)22(14-8-4-5-9-15(14)23-19(22)26)18(21)13-7-6-10-16(28-3)17(13)29-20(21)27/h4-10,18H,11H2,1-3H3,(H,23,26)/t18-,21+,22+/m1/s1. The Morgan fingerprint density at radius 2 is 1.97 bits per heavy atom. The summed E-state index contributed by atoms with van der Waals surface area (Å²) >= 11 is 0. The van der Waals surface area contributed by atoms with Crippen molar-refractivity contribution in [3.63, 3.8) is 0 Å². The smallest absolute Gasteiger partial charge is 0.327 e. The van der Waals surface area contributed by atoms with Gasteiger partial charge in [0.1, 0.15) is 16.7 Å². The Labute approximate surface area is 167 Å². The maximum Gasteiger partial charge on any atom is 0.327 e. The van der Waals surface area contributed by atoms with Crippen molar-refractivity contribution in [1.82, 2.24) is 4.90 Å². The number of anilines is 1. The molecule has 0 saturated carbocycles. The molecular formula is C22H20N2O5. The van der Waals surface area contributed by atoms with Gasteiger partial charge in [0.05, 0.1) is 7.11 Å². The van der Waals surface area contributed by atoms with Crippen molar-refractivity contribution in [2.45, 2.75) is 18.4 Å². The summed E-state index contributed by atoms with van der Waals surface area (Å²) in [6.45, 7) is 1.48. The molecule has 1 spiro atoms. The monoisotopic (exact) mass is 392 g/mol. The van der Waals surface area contributed by atoms with Gasteiger partial charge < -0.3 is 14.8 Å². The second-order valence-corrected chi connectivity index (χ2v) is 7.85. The Kier molecular flexibility index (Phi) is 3.49. The van der Waals surface area contributed by atoms with Gasteiger partial charge in [0, 0.05) is 29.3 Å². The largest absolute Gasteiger partial charge is 0.493 e. The first-order valence-electron chi connectivity index (χ1n) is 9.41. The quantitative estimate of drug-likeness (QED) is 0.479. The van der Waals surface area contributed by atoms with Crippen LogP contribution in [0, 0.1) is 5.41 Å². The SMILES string of the molecule is COc1cccc2c1OC(=O)[C@]1(C(C)=O)CN(C)[C@]3(C(=O)Nc4ccccc43)[C@H]21. The number of rotatable bonds is 2. The van der Waals surface area contributed by atoms with E-state index in [2.05, 4.69) is 5.32 Å². The van der Waals surface area contributed by atoms with Crippen LogP contribution >= 0.6 is 0 Å². The van der Waals surface area contributed by atoms with Gasteiger partial charge >= 0.3 is 5.97 Å². The number of amides is 1. The molecule has 3 aliphatic rings. The maximum atomic E-state index is 13.5. The van der Waals surface area contributed by atoms with Crippen molar-refractivity contribution in [3.8, 4) is 11.5 Å². The molecule has 3 heterocycles. The van der Waals surface area contributed by atoms with E-state index in [9.17, 15) is 14.4 Å². The molecule has 148 valence electrons. The van der Waals surface area contributed by atoms with Gasteiger partial charge in [0.15, 0.2) is 11.5 Å². The van der Waals surface area contributed by atoms with Gasteiger partial charge in [0.2, 0.25) is 5.91 Å². The minimum absolute atomic E-state index is 0.0875. The molecule has 0 radical (unpaired) electrons. The highest BCUT2D eigenvalue weighted by Gasteiger charge is 2.74. The van der Waals surface area contributed by atoms with Crippen LogP contribution < -0.4 is 14.8 Å². The highest BCUT2D eigenvalue weighted by atomic mass is 16.6. The van der Waals surface area contributed by atoms with Crippen molar-refractivity contribution in [2.24, 2.45) is 5.41 Å². The molecule has 5 rings (SSSR count). The molecule has 0 aliphatic carbocycles. The van der Waals surface area contributed by atoms with Crippen LogP contribution in [-0.2, 0) is 19.9 Å². The lowest BCUT2D eigenvalue weighted by atomic mass is 9.62. The van der Waals surface area contributed by atoms with Crippen molar-refractivity contribution in [3.05, 3.63) is 53.6 Å². The Morgan fingerprint density at radius 1 is 1.21 bits per heavy atom. The summed E-state index contributed by atoms with van der Waals surface area (Å²) in [5.74, 6) is -1.29. The summed E-state index contributed by atoms with van der Waals surface area (Å²) < 4.78 is 11.1. The van der Waals surface area contributed by atoms with Crippen LogP contribution in [0.25, 0.3) is 0 Å². The van der Waals surface area contributed by atoms with E-state index in [-0.39, 0.29) is 24.0 Å². The second-order valence-electron chi connectivity index (χ2n) is 7.85. The molecule has 1 fully saturated rings. The minimum atomic E-state index is -1.48. The predicted octanol–water partition coefficient (Wildman–Crippen LogP) is 2.07. The fourth-order valence-corrected chi connectivity index (χ4v) is 5.44. The number of likely N-dealkylation sites (N-methyl/N-ethyl adjacent to an activating group) is 1. The van der Waals surface area contributed by atoms with Crippen LogP contribution in [-0.4, -0.2) is 43.3 Å². The molecule has 0 unspecified atom stereocenters. The first kappa shape index (κ1) is 17.9. The van der Waals surface area contributed by atoms with Crippen molar-refractivity contribution >= 4 is 23.3 Å². The lowest BCUT2D eigenvalue weighted by Gasteiger charge is -2.41. The van der Waals surface area contributed by atoms with Crippen LogP contribution in [0.1, 0.15) is 24.0 Å². The van der Waals surface area contributed by atoms with Crippen LogP contribution in [0.4, 0.5) is 5.69 Å². The molecule has 2 aromatic rings. The molecule has 0 aromatic heterocycles. The van der Waals surface area contributed by atoms with Crippen LogP contribution in [0.15, 0.2) is 42.5 Å². The lowest BCUT2D eigenvalue weighted by Crippen LogP contribution is -2.53. The topological polar surface area (TPSA) is 84.9 Å². The third kappa shape index (κ3) is 1.88. The molecule has 7 nitrogen and oxygen atoms in total. The number of methoxy groups -OCH3 is 1. The van der Waals surface area contributed by atoms with E-state index in [1.54, 1.807) is 19.2 Å². The average molecular weight is 392 g/mol. The predicted molar refractivity (Wildman–Crippen MR) is 104 cm³/mol. The number of esters is 1. The summed E-state index contributed by atoms with van der Waals surface area (Å²) in [6.07, 6.45) is 0. The third-order valence-electron chi connectivity index (χ3n) is 6.66. The molecule has 3 aliphatic heterocycles.